The molecule has 0 aliphatic rings. The average Bonchev–Trinajstić information content (AvgIpc) is 2.85. The molecule has 3 nitrogen and oxygen atoms in total. The number of methoxy groups -OCH3 is 1. The van der Waals surface area contributed by atoms with Crippen LogP contribution in [0.25, 0.3) is 0 Å². The van der Waals surface area contributed by atoms with E-state index in [0.29, 0.717) is 0 Å². The molecule has 0 aliphatic heterocycles. The summed E-state index contributed by atoms with van der Waals surface area (Å²) < 4.78 is 16.2. The van der Waals surface area contributed by atoms with Crippen molar-refractivity contribution >= 4 is 0 Å². The van der Waals surface area contributed by atoms with Gasteiger partial charge in [-0.15, -0.1) is 0 Å². The lowest BCUT2D eigenvalue weighted by molar-refractivity contribution is 0.0832. The summed E-state index contributed by atoms with van der Waals surface area (Å²) in [7, 11) is 1.70. The molecule has 2 aromatic heterocycles. The Balaban J connectivity index is 2.19. The van der Waals surface area contributed by atoms with Gasteiger partial charge in [0.05, 0.1) is 12.5 Å². The molecule has 0 fully saturated rings. The second-order valence-corrected chi connectivity index (χ2v) is 3.90. The summed E-state index contributed by atoms with van der Waals surface area (Å²) in [6.07, 6.45) is 4.12. The van der Waals surface area contributed by atoms with Crippen molar-refractivity contribution in [2.45, 2.75) is 26.4 Å². The average molecular weight is 220 g/mol. The normalized spacial score (nSPS) is 12.9. The second-order valence-electron chi connectivity index (χ2n) is 3.90. The highest BCUT2D eigenvalue weighted by atomic mass is 16.5. The quantitative estimate of drug-likeness (QED) is 0.792. The zero-order valence-corrected chi connectivity index (χ0v) is 9.82. The molecule has 0 spiro atoms. The van der Waals surface area contributed by atoms with Gasteiger partial charge in [0.25, 0.3) is 0 Å². The van der Waals surface area contributed by atoms with Crippen LogP contribution in [0.1, 0.15) is 28.8 Å². The lowest BCUT2D eigenvalue weighted by Gasteiger charge is -2.13. The molecule has 0 N–H and O–H groups in total. The second kappa shape index (κ2) is 4.58. The van der Waals surface area contributed by atoms with E-state index >= 15 is 0 Å². The van der Waals surface area contributed by atoms with Crippen LogP contribution < -0.4 is 0 Å². The Morgan fingerprint density at radius 3 is 2.44 bits per heavy atom. The minimum atomic E-state index is -0.0497. The van der Waals surface area contributed by atoms with Crippen molar-refractivity contribution in [3.8, 4) is 0 Å². The number of hydrogen-bond donors (Lipinski definition) is 0. The van der Waals surface area contributed by atoms with E-state index in [1.807, 2.05) is 26.0 Å². The van der Waals surface area contributed by atoms with Gasteiger partial charge in [-0.05, 0) is 37.1 Å². The van der Waals surface area contributed by atoms with Gasteiger partial charge in [-0.2, -0.15) is 0 Å². The minimum absolute atomic E-state index is 0.0497. The third-order valence-electron chi connectivity index (χ3n) is 2.85. The largest absolute Gasteiger partial charge is 0.469 e. The van der Waals surface area contributed by atoms with Gasteiger partial charge >= 0.3 is 0 Å². The fourth-order valence-electron chi connectivity index (χ4n) is 1.82. The zero-order valence-electron chi connectivity index (χ0n) is 9.82. The van der Waals surface area contributed by atoms with Gasteiger partial charge < -0.3 is 13.6 Å². The molecular weight excluding hydrogens is 204 g/mol. The monoisotopic (exact) mass is 220 g/mol. The first kappa shape index (κ1) is 11.0. The molecule has 0 amide bonds. The van der Waals surface area contributed by atoms with Crippen molar-refractivity contribution in [1.29, 1.82) is 0 Å². The summed E-state index contributed by atoms with van der Waals surface area (Å²) in [6, 6.07) is 3.92. The van der Waals surface area contributed by atoms with E-state index in [1.54, 1.807) is 19.6 Å². The molecule has 0 saturated carbocycles. The maximum atomic E-state index is 5.47. The molecule has 0 saturated heterocycles. The third kappa shape index (κ3) is 2.04. The molecule has 3 heteroatoms. The summed E-state index contributed by atoms with van der Waals surface area (Å²) in [4.78, 5) is 0. The first-order chi connectivity index (χ1) is 7.72. The van der Waals surface area contributed by atoms with Gasteiger partial charge in [-0.3, -0.25) is 0 Å². The van der Waals surface area contributed by atoms with Crippen LogP contribution in [0.5, 0.6) is 0 Å². The topological polar surface area (TPSA) is 35.5 Å². The summed E-state index contributed by atoms with van der Waals surface area (Å²) in [5.74, 6) is 1.83. The molecule has 0 aromatic carbocycles. The van der Waals surface area contributed by atoms with Crippen molar-refractivity contribution < 1.29 is 13.6 Å². The molecule has 2 rings (SSSR count). The third-order valence-corrected chi connectivity index (χ3v) is 2.85. The summed E-state index contributed by atoms with van der Waals surface area (Å²) in [5.41, 5.74) is 2.27. The summed E-state index contributed by atoms with van der Waals surface area (Å²) in [5, 5.41) is 0. The Labute approximate surface area is 95.0 Å². The van der Waals surface area contributed by atoms with Crippen LogP contribution >= 0.6 is 0 Å². The number of rotatable bonds is 4. The fourth-order valence-corrected chi connectivity index (χ4v) is 1.82. The maximum absolute atomic E-state index is 5.47. The van der Waals surface area contributed by atoms with E-state index in [2.05, 4.69) is 0 Å². The lowest BCUT2D eigenvalue weighted by Crippen LogP contribution is -2.05. The standard InChI is InChI=1S/C13H16O3/c1-9-4-6-16-13(9)12(14-3)8-11-5-7-15-10(11)2/h4-7,12H,8H2,1-3H3. The number of ether oxygens (including phenoxy) is 1. The Morgan fingerprint density at radius 2 is 1.94 bits per heavy atom. The van der Waals surface area contributed by atoms with E-state index in [4.69, 9.17) is 13.6 Å². The first-order valence-electron chi connectivity index (χ1n) is 5.32. The molecule has 2 heterocycles. The van der Waals surface area contributed by atoms with Crippen LogP contribution in [-0.4, -0.2) is 7.11 Å². The van der Waals surface area contributed by atoms with Crippen LogP contribution in [0, 0.1) is 13.8 Å². The SMILES string of the molecule is COC(Cc1ccoc1C)c1occc1C. The van der Waals surface area contributed by atoms with Gasteiger partial charge in [-0.25, -0.2) is 0 Å². The molecule has 0 bridgehead atoms. The molecule has 0 radical (unpaired) electrons. The molecular formula is C13H16O3. The Bertz CT molecular complexity index is 453. The maximum Gasteiger partial charge on any atom is 0.135 e. The Morgan fingerprint density at radius 1 is 1.19 bits per heavy atom. The molecule has 0 aliphatic carbocycles. The van der Waals surface area contributed by atoms with Gasteiger partial charge in [0.1, 0.15) is 17.6 Å². The zero-order chi connectivity index (χ0) is 11.5. The lowest BCUT2D eigenvalue weighted by atomic mass is 10.1. The van der Waals surface area contributed by atoms with Crippen LogP contribution in [0.15, 0.2) is 33.5 Å². The van der Waals surface area contributed by atoms with Crippen LogP contribution in [0.4, 0.5) is 0 Å². The summed E-state index contributed by atoms with van der Waals surface area (Å²) >= 11 is 0. The van der Waals surface area contributed by atoms with Crippen molar-refractivity contribution in [1.82, 2.24) is 0 Å². The van der Waals surface area contributed by atoms with Gasteiger partial charge in [-0.1, -0.05) is 0 Å². The highest BCUT2D eigenvalue weighted by molar-refractivity contribution is 5.22. The van der Waals surface area contributed by atoms with E-state index in [1.165, 1.54) is 0 Å². The predicted molar refractivity (Wildman–Crippen MR) is 60.3 cm³/mol. The highest BCUT2D eigenvalue weighted by Gasteiger charge is 2.18. The van der Waals surface area contributed by atoms with Gasteiger partial charge in [0.15, 0.2) is 0 Å². The Kier molecular flexibility index (Phi) is 3.15. The fraction of sp³-hybridized carbons (Fsp3) is 0.385. The van der Waals surface area contributed by atoms with Crippen molar-refractivity contribution in [3.05, 3.63) is 47.3 Å². The first-order valence-corrected chi connectivity index (χ1v) is 5.32. The smallest absolute Gasteiger partial charge is 0.135 e. The molecule has 16 heavy (non-hydrogen) atoms. The van der Waals surface area contributed by atoms with Crippen LogP contribution in [-0.2, 0) is 11.2 Å². The van der Waals surface area contributed by atoms with Crippen molar-refractivity contribution in [3.63, 3.8) is 0 Å². The van der Waals surface area contributed by atoms with Gasteiger partial charge in [0, 0.05) is 13.5 Å². The minimum Gasteiger partial charge on any atom is -0.469 e. The number of furan rings is 2. The van der Waals surface area contributed by atoms with Crippen molar-refractivity contribution in [2.24, 2.45) is 0 Å². The number of hydrogen-bond acceptors (Lipinski definition) is 3. The molecule has 1 atom stereocenters. The van der Waals surface area contributed by atoms with E-state index in [0.717, 1.165) is 29.1 Å². The summed E-state index contributed by atoms with van der Waals surface area (Å²) in [6.45, 7) is 3.98. The molecule has 2 aromatic rings. The molecule has 1 unspecified atom stereocenters. The predicted octanol–water partition coefficient (Wildman–Crippen LogP) is 3.42. The van der Waals surface area contributed by atoms with E-state index < -0.39 is 0 Å². The highest BCUT2D eigenvalue weighted by Crippen LogP contribution is 2.26. The van der Waals surface area contributed by atoms with Crippen molar-refractivity contribution in [2.75, 3.05) is 7.11 Å². The van der Waals surface area contributed by atoms with Crippen LogP contribution in [0.3, 0.4) is 0 Å². The van der Waals surface area contributed by atoms with E-state index in [9.17, 15) is 0 Å². The number of aryl methyl sites for hydroxylation is 2. The van der Waals surface area contributed by atoms with Crippen LogP contribution in [0.2, 0.25) is 0 Å². The van der Waals surface area contributed by atoms with E-state index in [-0.39, 0.29) is 6.10 Å². The Hall–Kier alpha value is -1.48. The molecule has 86 valence electrons. The van der Waals surface area contributed by atoms with Gasteiger partial charge in [0.2, 0.25) is 0 Å².